The van der Waals surface area contributed by atoms with Crippen LogP contribution in [0, 0.1) is 5.82 Å². The molecule has 56 valence electrons. The van der Waals surface area contributed by atoms with Gasteiger partial charge in [0.1, 0.15) is 10.2 Å². The quantitative estimate of drug-likeness (QED) is 0.635. The van der Waals surface area contributed by atoms with Gasteiger partial charge in [-0.1, -0.05) is 16.1 Å². The van der Waals surface area contributed by atoms with E-state index >= 15 is 0 Å². The van der Waals surface area contributed by atoms with Crippen LogP contribution in [0.5, 0.6) is 0 Å². The van der Waals surface area contributed by atoms with Gasteiger partial charge in [0.15, 0.2) is 5.82 Å². The SMILES string of the molecule is Fc1c(Cl)ccc2nnsc12. The summed E-state index contributed by atoms with van der Waals surface area (Å²) in [5, 5.41) is 3.80. The Bertz CT molecular complexity index is 400. The molecule has 0 amide bonds. The van der Waals surface area contributed by atoms with Crippen molar-refractivity contribution in [2.75, 3.05) is 0 Å². The molecule has 0 aliphatic carbocycles. The molecule has 0 unspecified atom stereocenters. The van der Waals surface area contributed by atoms with E-state index in [1.54, 1.807) is 6.07 Å². The lowest BCUT2D eigenvalue weighted by Gasteiger charge is -1.90. The van der Waals surface area contributed by atoms with Crippen LogP contribution in [0.1, 0.15) is 0 Å². The molecule has 2 rings (SSSR count). The summed E-state index contributed by atoms with van der Waals surface area (Å²) in [6.45, 7) is 0. The van der Waals surface area contributed by atoms with Gasteiger partial charge in [0.05, 0.1) is 5.02 Å². The Morgan fingerprint density at radius 2 is 2.27 bits per heavy atom. The Hall–Kier alpha value is -0.740. The number of hydrogen-bond acceptors (Lipinski definition) is 3. The van der Waals surface area contributed by atoms with Crippen LogP contribution < -0.4 is 0 Å². The molecule has 1 heterocycles. The van der Waals surface area contributed by atoms with Crippen LogP contribution in [-0.4, -0.2) is 9.59 Å². The first-order valence-corrected chi connectivity index (χ1v) is 4.00. The second-order valence-corrected chi connectivity index (χ2v) is 3.14. The third-order valence-corrected chi connectivity index (χ3v) is 2.34. The highest BCUT2D eigenvalue weighted by molar-refractivity contribution is 7.13. The van der Waals surface area contributed by atoms with Crippen LogP contribution in [0.4, 0.5) is 4.39 Å². The van der Waals surface area contributed by atoms with E-state index in [0.29, 0.717) is 10.2 Å². The summed E-state index contributed by atoms with van der Waals surface area (Å²) in [7, 11) is 0. The monoisotopic (exact) mass is 188 g/mol. The zero-order valence-corrected chi connectivity index (χ0v) is 6.79. The molecule has 0 aliphatic rings. The molecule has 0 saturated carbocycles. The molecular weight excluding hydrogens is 187 g/mol. The molecule has 2 aromatic rings. The summed E-state index contributed by atoms with van der Waals surface area (Å²) >= 11 is 6.53. The fourth-order valence-electron chi connectivity index (χ4n) is 0.793. The summed E-state index contributed by atoms with van der Waals surface area (Å²) < 4.78 is 17.0. The van der Waals surface area contributed by atoms with Gasteiger partial charge >= 0.3 is 0 Å². The Labute approximate surface area is 70.8 Å². The van der Waals surface area contributed by atoms with Gasteiger partial charge in [0.25, 0.3) is 0 Å². The van der Waals surface area contributed by atoms with Crippen LogP contribution >= 0.6 is 23.1 Å². The molecule has 0 atom stereocenters. The smallest absolute Gasteiger partial charge is 0.162 e. The number of nitrogens with zero attached hydrogens (tertiary/aromatic N) is 2. The maximum atomic E-state index is 13.0. The number of hydrogen-bond donors (Lipinski definition) is 0. The van der Waals surface area contributed by atoms with E-state index in [1.165, 1.54) is 6.07 Å². The molecule has 0 aliphatic heterocycles. The Balaban J connectivity index is 2.93. The van der Waals surface area contributed by atoms with Crippen molar-refractivity contribution in [2.24, 2.45) is 0 Å². The Morgan fingerprint density at radius 3 is 3.09 bits per heavy atom. The molecule has 0 N–H and O–H groups in total. The lowest BCUT2D eigenvalue weighted by atomic mass is 10.3. The molecule has 1 aromatic heterocycles. The predicted molar refractivity (Wildman–Crippen MR) is 42.4 cm³/mol. The van der Waals surface area contributed by atoms with E-state index < -0.39 is 5.82 Å². The van der Waals surface area contributed by atoms with Crippen LogP contribution in [0.25, 0.3) is 10.2 Å². The van der Waals surface area contributed by atoms with Crippen molar-refractivity contribution in [3.8, 4) is 0 Å². The lowest BCUT2D eigenvalue weighted by Crippen LogP contribution is -1.76. The number of rotatable bonds is 0. The van der Waals surface area contributed by atoms with Crippen molar-refractivity contribution in [3.63, 3.8) is 0 Å². The first kappa shape index (κ1) is 6.94. The van der Waals surface area contributed by atoms with Gasteiger partial charge in [-0.25, -0.2) is 4.39 Å². The predicted octanol–water partition coefficient (Wildman–Crippen LogP) is 2.48. The van der Waals surface area contributed by atoms with Gasteiger partial charge in [-0.15, -0.1) is 5.10 Å². The molecule has 0 fully saturated rings. The summed E-state index contributed by atoms with van der Waals surface area (Å²) in [5.74, 6) is -0.431. The second-order valence-electron chi connectivity index (χ2n) is 1.98. The minimum absolute atomic E-state index is 0.114. The average molecular weight is 189 g/mol. The fourth-order valence-corrected chi connectivity index (χ4v) is 1.61. The number of fused-ring (bicyclic) bond motifs is 1. The maximum absolute atomic E-state index is 13.0. The molecule has 5 heteroatoms. The summed E-state index contributed by atoms with van der Waals surface area (Å²) in [6, 6.07) is 3.12. The highest BCUT2D eigenvalue weighted by Gasteiger charge is 2.07. The van der Waals surface area contributed by atoms with Gasteiger partial charge < -0.3 is 0 Å². The van der Waals surface area contributed by atoms with Crippen molar-refractivity contribution in [1.82, 2.24) is 9.59 Å². The van der Waals surface area contributed by atoms with E-state index in [2.05, 4.69) is 9.59 Å². The van der Waals surface area contributed by atoms with Crippen LogP contribution in [0.15, 0.2) is 12.1 Å². The van der Waals surface area contributed by atoms with Crippen molar-refractivity contribution in [3.05, 3.63) is 23.0 Å². The van der Waals surface area contributed by atoms with Crippen molar-refractivity contribution >= 4 is 33.4 Å². The summed E-state index contributed by atoms with van der Waals surface area (Å²) in [6.07, 6.45) is 0. The normalized spacial score (nSPS) is 10.7. The highest BCUT2D eigenvalue weighted by Crippen LogP contribution is 2.25. The molecule has 11 heavy (non-hydrogen) atoms. The van der Waals surface area contributed by atoms with E-state index in [-0.39, 0.29) is 5.02 Å². The van der Waals surface area contributed by atoms with Gasteiger partial charge in [-0.2, -0.15) is 0 Å². The molecular formula is C6H2ClFN2S. The zero-order chi connectivity index (χ0) is 7.84. The first-order valence-electron chi connectivity index (χ1n) is 2.85. The van der Waals surface area contributed by atoms with Gasteiger partial charge in [0.2, 0.25) is 0 Å². The third kappa shape index (κ3) is 0.985. The molecule has 0 radical (unpaired) electrons. The fraction of sp³-hybridized carbons (Fsp3) is 0. The minimum atomic E-state index is -0.431. The Kier molecular flexibility index (Phi) is 1.51. The van der Waals surface area contributed by atoms with Crippen LogP contribution in [0.3, 0.4) is 0 Å². The number of benzene rings is 1. The van der Waals surface area contributed by atoms with E-state index in [4.69, 9.17) is 11.6 Å². The molecule has 0 bridgehead atoms. The van der Waals surface area contributed by atoms with Crippen molar-refractivity contribution < 1.29 is 4.39 Å². The maximum Gasteiger partial charge on any atom is 0.162 e. The van der Waals surface area contributed by atoms with Crippen LogP contribution in [0.2, 0.25) is 5.02 Å². The number of halogens is 2. The summed E-state index contributed by atoms with van der Waals surface area (Å²) in [4.78, 5) is 0. The standard InChI is InChI=1S/C6H2ClFN2S/c7-3-1-2-4-6(5(3)8)11-10-9-4/h1-2H. The molecule has 1 aromatic carbocycles. The second kappa shape index (κ2) is 2.39. The van der Waals surface area contributed by atoms with Crippen molar-refractivity contribution in [2.45, 2.75) is 0 Å². The van der Waals surface area contributed by atoms with Gasteiger partial charge in [-0.3, -0.25) is 0 Å². The highest BCUT2D eigenvalue weighted by atomic mass is 35.5. The number of aromatic nitrogens is 2. The Morgan fingerprint density at radius 1 is 1.45 bits per heavy atom. The topological polar surface area (TPSA) is 25.8 Å². The first-order chi connectivity index (χ1) is 5.29. The van der Waals surface area contributed by atoms with E-state index in [9.17, 15) is 4.39 Å². The summed E-state index contributed by atoms with van der Waals surface area (Å²) in [5.41, 5.74) is 0.553. The zero-order valence-electron chi connectivity index (χ0n) is 5.21. The van der Waals surface area contributed by atoms with E-state index in [0.717, 1.165) is 11.5 Å². The van der Waals surface area contributed by atoms with E-state index in [1.807, 2.05) is 0 Å². The average Bonchev–Trinajstić information content (AvgIpc) is 2.45. The van der Waals surface area contributed by atoms with Crippen LogP contribution in [-0.2, 0) is 0 Å². The van der Waals surface area contributed by atoms with Gasteiger partial charge in [0, 0.05) is 0 Å². The van der Waals surface area contributed by atoms with Crippen molar-refractivity contribution in [1.29, 1.82) is 0 Å². The van der Waals surface area contributed by atoms with Gasteiger partial charge in [-0.05, 0) is 23.7 Å². The molecule has 0 saturated heterocycles. The molecule has 2 nitrogen and oxygen atoms in total. The molecule has 0 spiro atoms. The largest absolute Gasteiger partial charge is 0.204 e. The lowest BCUT2D eigenvalue weighted by molar-refractivity contribution is 0.642. The third-order valence-electron chi connectivity index (χ3n) is 1.31. The minimum Gasteiger partial charge on any atom is -0.204 e.